The van der Waals surface area contributed by atoms with Gasteiger partial charge < -0.3 is 4.90 Å². The second-order valence-electron chi connectivity index (χ2n) is 5.92. The van der Waals surface area contributed by atoms with Gasteiger partial charge in [-0.2, -0.15) is 0 Å². The van der Waals surface area contributed by atoms with Crippen molar-refractivity contribution in [2.45, 2.75) is 32.2 Å². The molecule has 4 heteroatoms. The third-order valence-electron chi connectivity index (χ3n) is 4.48. The molecule has 0 saturated carbocycles. The molecule has 1 unspecified atom stereocenters. The Morgan fingerprint density at radius 2 is 2.10 bits per heavy atom. The van der Waals surface area contributed by atoms with Crippen LogP contribution in [0.25, 0.3) is 0 Å². The Kier molecular flexibility index (Phi) is 3.74. The molecule has 1 atom stereocenters. The predicted molar refractivity (Wildman–Crippen MR) is 76.3 cm³/mol. The first-order valence-electron chi connectivity index (χ1n) is 7.44. The topological polar surface area (TPSA) is 23.6 Å². The summed E-state index contributed by atoms with van der Waals surface area (Å²) in [6.45, 7) is 5.35. The summed E-state index contributed by atoms with van der Waals surface area (Å²) in [5, 5.41) is 0. The van der Waals surface area contributed by atoms with Crippen LogP contribution in [0.4, 0.5) is 4.39 Å². The largest absolute Gasteiger partial charge is 0.336 e. The summed E-state index contributed by atoms with van der Waals surface area (Å²) >= 11 is 0. The van der Waals surface area contributed by atoms with Crippen molar-refractivity contribution in [1.29, 1.82) is 0 Å². The molecular weight excluding hydrogens is 255 g/mol. The molecule has 0 spiro atoms. The molecule has 2 aliphatic rings. The summed E-state index contributed by atoms with van der Waals surface area (Å²) in [4.78, 5) is 16.8. The lowest BCUT2D eigenvalue weighted by Crippen LogP contribution is -2.56. The van der Waals surface area contributed by atoms with Gasteiger partial charge in [0.25, 0.3) is 5.91 Å². The van der Waals surface area contributed by atoms with Crippen molar-refractivity contribution in [3.8, 4) is 0 Å². The monoisotopic (exact) mass is 276 g/mol. The molecule has 2 fully saturated rings. The number of piperazine rings is 1. The van der Waals surface area contributed by atoms with E-state index < -0.39 is 5.82 Å². The number of carbonyl (C=O) groups is 1. The van der Waals surface area contributed by atoms with E-state index in [0.717, 1.165) is 31.6 Å². The zero-order chi connectivity index (χ0) is 14.1. The van der Waals surface area contributed by atoms with Crippen LogP contribution in [0.1, 0.15) is 35.2 Å². The van der Waals surface area contributed by atoms with Crippen molar-refractivity contribution in [1.82, 2.24) is 9.80 Å². The normalized spacial score (nSPS) is 23.5. The van der Waals surface area contributed by atoms with Crippen molar-refractivity contribution in [2.24, 2.45) is 0 Å². The van der Waals surface area contributed by atoms with Crippen molar-refractivity contribution < 1.29 is 9.18 Å². The van der Waals surface area contributed by atoms with E-state index in [4.69, 9.17) is 0 Å². The third-order valence-corrected chi connectivity index (χ3v) is 4.48. The van der Waals surface area contributed by atoms with Gasteiger partial charge in [0.2, 0.25) is 0 Å². The molecule has 0 N–H and O–H groups in total. The molecule has 3 nitrogen and oxygen atoms in total. The van der Waals surface area contributed by atoms with Crippen LogP contribution in [0.3, 0.4) is 0 Å². The second kappa shape index (κ2) is 5.52. The van der Waals surface area contributed by atoms with E-state index in [0.29, 0.717) is 12.6 Å². The summed E-state index contributed by atoms with van der Waals surface area (Å²) in [6, 6.07) is 5.31. The number of rotatable bonds is 1. The number of fused-ring (bicyclic) bond motifs is 1. The van der Waals surface area contributed by atoms with Gasteiger partial charge in [0.05, 0.1) is 5.56 Å². The van der Waals surface area contributed by atoms with Gasteiger partial charge in [-0.05, 0) is 44.0 Å². The number of aryl methyl sites for hydroxylation is 1. The molecule has 1 aromatic carbocycles. The Labute approximate surface area is 119 Å². The molecule has 1 amide bonds. The minimum Gasteiger partial charge on any atom is -0.336 e. The zero-order valence-electron chi connectivity index (χ0n) is 11.9. The van der Waals surface area contributed by atoms with E-state index in [9.17, 15) is 9.18 Å². The lowest BCUT2D eigenvalue weighted by molar-refractivity contribution is 0.0369. The number of benzene rings is 1. The highest BCUT2D eigenvalue weighted by molar-refractivity contribution is 5.94. The highest BCUT2D eigenvalue weighted by Crippen LogP contribution is 2.22. The van der Waals surface area contributed by atoms with Gasteiger partial charge in [0, 0.05) is 25.7 Å². The summed E-state index contributed by atoms with van der Waals surface area (Å²) in [5.74, 6) is -0.561. The van der Waals surface area contributed by atoms with E-state index in [1.807, 2.05) is 11.8 Å². The third kappa shape index (κ3) is 2.57. The van der Waals surface area contributed by atoms with E-state index >= 15 is 0 Å². The van der Waals surface area contributed by atoms with Crippen LogP contribution < -0.4 is 0 Å². The van der Waals surface area contributed by atoms with E-state index in [1.165, 1.54) is 18.9 Å². The van der Waals surface area contributed by atoms with Gasteiger partial charge in [0.15, 0.2) is 0 Å². The van der Waals surface area contributed by atoms with E-state index in [-0.39, 0.29) is 11.5 Å². The minimum atomic E-state index is -0.402. The summed E-state index contributed by atoms with van der Waals surface area (Å²) < 4.78 is 13.9. The Bertz CT molecular complexity index is 517. The van der Waals surface area contributed by atoms with Gasteiger partial charge in [0.1, 0.15) is 5.82 Å². The molecule has 0 bridgehead atoms. The molecule has 0 aromatic heterocycles. The Morgan fingerprint density at radius 3 is 2.90 bits per heavy atom. The Morgan fingerprint density at radius 1 is 1.25 bits per heavy atom. The molecular formula is C16H21FN2O. The van der Waals surface area contributed by atoms with Gasteiger partial charge >= 0.3 is 0 Å². The SMILES string of the molecule is Cc1ccc(C(=O)N2CCN3CCCCC3C2)c(F)c1. The summed E-state index contributed by atoms with van der Waals surface area (Å²) in [7, 11) is 0. The number of hydrogen-bond donors (Lipinski definition) is 0. The lowest BCUT2D eigenvalue weighted by atomic mass is 9.99. The van der Waals surface area contributed by atoms with E-state index in [2.05, 4.69) is 4.90 Å². The van der Waals surface area contributed by atoms with Crippen LogP contribution in [0, 0.1) is 12.7 Å². The average molecular weight is 276 g/mol. The van der Waals surface area contributed by atoms with Gasteiger partial charge in [-0.15, -0.1) is 0 Å². The molecule has 108 valence electrons. The van der Waals surface area contributed by atoms with Crippen molar-refractivity contribution in [3.05, 3.63) is 35.1 Å². The van der Waals surface area contributed by atoms with Crippen LogP contribution in [-0.4, -0.2) is 47.9 Å². The molecule has 2 aliphatic heterocycles. The highest BCUT2D eigenvalue weighted by atomic mass is 19.1. The number of hydrogen-bond acceptors (Lipinski definition) is 2. The first-order chi connectivity index (χ1) is 9.65. The second-order valence-corrected chi connectivity index (χ2v) is 5.92. The van der Waals surface area contributed by atoms with E-state index in [1.54, 1.807) is 12.1 Å². The van der Waals surface area contributed by atoms with Crippen molar-refractivity contribution >= 4 is 5.91 Å². The molecule has 20 heavy (non-hydrogen) atoms. The quantitative estimate of drug-likeness (QED) is 0.786. The van der Waals surface area contributed by atoms with Crippen LogP contribution in [0.2, 0.25) is 0 Å². The number of carbonyl (C=O) groups excluding carboxylic acids is 1. The fourth-order valence-corrected chi connectivity index (χ4v) is 3.30. The standard InChI is InChI=1S/C16H21FN2O/c1-12-5-6-14(15(17)10-12)16(20)19-9-8-18-7-3-2-4-13(18)11-19/h5-6,10,13H,2-4,7-9,11H2,1H3. The average Bonchev–Trinajstić information content (AvgIpc) is 2.46. The first kappa shape index (κ1) is 13.6. The van der Waals surface area contributed by atoms with Gasteiger partial charge in [-0.3, -0.25) is 9.69 Å². The maximum Gasteiger partial charge on any atom is 0.256 e. The number of halogens is 1. The summed E-state index contributed by atoms with van der Waals surface area (Å²) in [5.41, 5.74) is 1.05. The molecule has 2 saturated heterocycles. The Balaban J connectivity index is 1.74. The summed E-state index contributed by atoms with van der Waals surface area (Å²) in [6.07, 6.45) is 3.65. The molecule has 0 aliphatic carbocycles. The van der Waals surface area contributed by atoms with Crippen molar-refractivity contribution in [2.75, 3.05) is 26.2 Å². The smallest absolute Gasteiger partial charge is 0.256 e. The van der Waals surface area contributed by atoms with Gasteiger partial charge in [-0.1, -0.05) is 12.5 Å². The fourth-order valence-electron chi connectivity index (χ4n) is 3.30. The van der Waals surface area contributed by atoms with Crippen LogP contribution in [0.5, 0.6) is 0 Å². The van der Waals surface area contributed by atoms with Crippen molar-refractivity contribution in [3.63, 3.8) is 0 Å². The Hall–Kier alpha value is -1.42. The maximum atomic E-state index is 13.9. The molecule has 3 rings (SSSR count). The van der Waals surface area contributed by atoms with Gasteiger partial charge in [-0.25, -0.2) is 4.39 Å². The number of amides is 1. The highest BCUT2D eigenvalue weighted by Gasteiger charge is 2.31. The fraction of sp³-hybridized carbons (Fsp3) is 0.562. The maximum absolute atomic E-state index is 13.9. The number of nitrogens with zero attached hydrogens (tertiary/aromatic N) is 2. The number of piperidine rings is 1. The van der Waals surface area contributed by atoms with Crippen LogP contribution in [0.15, 0.2) is 18.2 Å². The molecule has 0 radical (unpaired) electrons. The van der Waals surface area contributed by atoms with Crippen LogP contribution in [-0.2, 0) is 0 Å². The minimum absolute atomic E-state index is 0.160. The van der Waals surface area contributed by atoms with Crippen LogP contribution >= 0.6 is 0 Å². The zero-order valence-corrected chi connectivity index (χ0v) is 11.9. The predicted octanol–water partition coefficient (Wildman–Crippen LogP) is 2.44. The lowest BCUT2D eigenvalue weighted by Gasteiger charge is -2.44. The first-order valence-corrected chi connectivity index (χ1v) is 7.44. The molecule has 1 aromatic rings. The molecule has 2 heterocycles.